The van der Waals surface area contributed by atoms with Crippen LogP contribution >= 0.6 is 0 Å². The van der Waals surface area contributed by atoms with E-state index in [0.717, 1.165) is 12.3 Å². The van der Waals surface area contributed by atoms with Crippen molar-refractivity contribution in [3.8, 4) is 0 Å². The Morgan fingerprint density at radius 2 is 2.35 bits per heavy atom. The Balaban J connectivity index is 1.82. The first-order chi connectivity index (χ1) is 8.15. The second kappa shape index (κ2) is 5.12. The molecule has 1 aromatic rings. The van der Waals surface area contributed by atoms with Gasteiger partial charge in [-0.15, -0.1) is 0 Å². The number of nitrogens with zero attached hydrogens (tertiary/aromatic N) is 2. The molecule has 1 fully saturated rings. The van der Waals surface area contributed by atoms with E-state index in [0.29, 0.717) is 11.9 Å². The van der Waals surface area contributed by atoms with Gasteiger partial charge in [0.25, 0.3) is 5.69 Å². The summed E-state index contributed by atoms with van der Waals surface area (Å²) in [6, 6.07) is 3.50. The van der Waals surface area contributed by atoms with Crippen molar-refractivity contribution in [2.75, 3.05) is 5.32 Å². The molecule has 1 heterocycles. The maximum atomic E-state index is 10.5. The van der Waals surface area contributed by atoms with E-state index in [1.807, 2.05) is 0 Å². The zero-order chi connectivity index (χ0) is 12.3. The lowest BCUT2D eigenvalue weighted by Crippen LogP contribution is -2.16. The van der Waals surface area contributed by atoms with Crippen molar-refractivity contribution >= 4 is 11.5 Å². The minimum atomic E-state index is -0.437. The summed E-state index contributed by atoms with van der Waals surface area (Å²) >= 11 is 0. The molecule has 92 valence electrons. The summed E-state index contributed by atoms with van der Waals surface area (Å²) in [7, 11) is 0. The highest BCUT2D eigenvalue weighted by Crippen LogP contribution is 2.34. The van der Waals surface area contributed by atoms with Gasteiger partial charge in [-0.05, 0) is 31.7 Å². The molecule has 1 aromatic heterocycles. The molecule has 5 nitrogen and oxygen atoms in total. The van der Waals surface area contributed by atoms with Crippen LogP contribution in [-0.2, 0) is 0 Å². The first-order valence-electron chi connectivity index (χ1n) is 6.02. The smallest absolute Gasteiger partial charge is 0.287 e. The van der Waals surface area contributed by atoms with Gasteiger partial charge in [-0.1, -0.05) is 12.8 Å². The molecular weight excluding hydrogens is 218 g/mol. The van der Waals surface area contributed by atoms with Gasteiger partial charge in [-0.25, -0.2) is 4.98 Å². The summed E-state index contributed by atoms with van der Waals surface area (Å²) in [6.45, 7) is 2.12. The Hall–Kier alpha value is -1.65. The predicted octanol–water partition coefficient (Wildman–Crippen LogP) is 2.98. The monoisotopic (exact) mass is 235 g/mol. The number of nitrogens with one attached hydrogen (secondary N) is 1. The molecule has 0 amide bonds. The Labute approximate surface area is 100 Å². The average molecular weight is 235 g/mol. The van der Waals surface area contributed by atoms with E-state index >= 15 is 0 Å². The molecule has 1 saturated carbocycles. The van der Waals surface area contributed by atoms with E-state index < -0.39 is 4.92 Å². The number of nitro groups is 1. The normalized spacial score (nSPS) is 16.5. The van der Waals surface area contributed by atoms with Gasteiger partial charge >= 0.3 is 0 Å². The van der Waals surface area contributed by atoms with Crippen LogP contribution in [0.1, 0.15) is 32.6 Å². The number of rotatable bonds is 6. The van der Waals surface area contributed by atoms with E-state index in [-0.39, 0.29) is 5.69 Å². The van der Waals surface area contributed by atoms with Crippen LogP contribution in [0.25, 0.3) is 0 Å². The zero-order valence-corrected chi connectivity index (χ0v) is 9.93. The topological polar surface area (TPSA) is 68.1 Å². The minimum Gasteiger partial charge on any atom is -0.368 e. The van der Waals surface area contributed by atoms with Crippen molar-refractivity contribution in [1.82, 2.24) is 4.98 Å². The van der Waals surface area contributed by atoms with Gasteiger partial charge in [0.1, 0.15) is 12.0 Å². The average Bonchev–Trinajstić information content (AvgIpc) is 3.11. The lowest BCUT2D eigenvalue weighted by molar-refractivity contribution is -0.385. The molecule has 2 rings (SSSR count). The van der Waals surface area contributed by atoms with Crippen molar-refractivity contribution in [3.63, 3.8) is 0 Å². The van der Waals surface area contributed by atoms with Crippen LogP contribution < -0.4 is 5.32 Å². The molecule has 5 heteroatoms. The van der Waals surface area contributed by atoms with Gasteiger partial charge < -0.3 is 5.32 Å². The van der Waals surface area contributed by atoms with Crippen LogP contribution in [0.15, 0.2) is 18.3 Å². The van der Waals surface area contributed by atoms with Crippen LogP contribution in [0, 0.1) is 16.0 Å². The molecule has 0 spiro atoms. The third-order valence-corrected chi connectivity index (χ3v) is 3.06. The summed E-state index contributed by atoms with van der Waals surface area (Å²) in [5.74, 6) is 1.64. The summed E-state index contributed by atoms with van der Waals surface area (Å²) in [5.41, 5.74) is 0.0289. The van der Waals surface area contributed by atoms with E-state index in [2.05, 4.69) is 17.2 Å². The Morgan fingerprint density at radius 3 is 2.88 bits per heavy atom. The Morgan fingerprint density at radius 1 is 1.59 bits per heavy atom. The van der Waals surface area contributed by atoms with Gasteiger partial charge in [-0.2, -0.15) is 0 Å². The molecule has 0 saturated heterocycles. The molecule has 1 atom stereocenters. The summed E-state index contributed by atoms with van der Waals surface area (Å²) in [5, 5.41) is 13.7. The van der Waals surface area contributed by atoms with Crippen LogP contribution in [0.4, 0.5) is 11.5 Å². The van der Waals surface area contributed by atoms with Crippen molar-refractivity contribution in [1.29, 1.82) is 0 Å². The minimum absolute atomic E-state index is 0.0289. The highest BCUT2D eigenvalue weighted by molar-refractivity contribution is 5.40. The van der Waals surface area contributed by atoms with Crippen molar-refractivity contribution in [2.45, 2.75) is 38.6 Å². The van der Waals surface area contributed by atoms with E-state index in [9.17, 15) is 10.1 Å². The number of aromatic nitrogens is 1. The second-order valence-electron chi connectivity index (χ2n) is 4.72. The maximum absolute atomic E-state index is 10.5. The third-order valence-electron chi connectivity index (χ3n) is 3.06. The molecule has 1 unspecified atom stereocenters. The molecule has 1 aliphatic rings. The number of pyridine rings is 1. The van der Waals surface area contributed by atoms with E-state index in [4.69, 9.17) is 0 Å². The lowest BCUT2D eigenvalue weighted by Gasteiger charge is -2.13. The summed E-state index contributed by atoms with van der Waals surface area (Å²) in [6.07, 6.45) is 6.44. The molecule has 0 aromatic carbocycles. The number of hydrogen-bond donors (Lipinski definition) is 1. The Kier molecular flexibility index (Phi) is 3.56. The van der Waals surface area contributed by atoms with Gasteiger partial charge in [0.05, 0.1) is 4.92 Å². The standard InChI is InChI=1S/C12H17N3O2/c1-9(2-3-10-4-5-10)14-12-7-6-11(8-13-12)15(16)17/h6-10H,2-5H2,1H3,(H,13,14). The molecule has 17 heavy (non-hydrogen) atoms. The third kappa shape index (κ3) is 3.69. The fraction of sp³-hybridized carbons (Fsp3) is 0.583. The first-order valence-corrected chi connectivity index (χ1v) is 6.02. The SMILES string of the molecule is CC(CCC1CC1)Nc1ccc([N+](=O)[O-])cn1. The maximum Gasteiger partial charge on any atom is 0.287 e. The van der Waals surface area contributed by atoms with Gasteiger partial charge in [-0.3, -0.25) is 10.1 Å². The van der Waals surface area contributed by atoms with Gasteiger partial charge in [0, 0.05) is 12.1 Å². The van der Waals surface area contributed by atoms with E-state index in [1.54, 1.807) is 6.07 Å². The molecule has 1 aliphatic carbocycles. The highest BCUT2D eigenvalue weighted by atomic mass is 16.6. The molecule has 0 aliphatic heterocycles. The molecule has 0 radical (unpaired) electrons. The van der Waals surface area contributed by atoms with Crippen LogP contribution in [0.5, 0.6) is 0 Å². The van der Waals surface area contributed by atoms with E-state index in [1.165, 1.54) is 31.5 Å². The van der Waals surface area contributed by atoms with Crippen molar-refractivity contribution in [2.24, 2.45) is 5.92 Å². The molecule has 0 bridgehead atoms. The van der Waals surface area contributed by atoms with Crippen molar-refractivity contribution in [3.05, 3.63) is 28.4 Å². The largest absolute Gasteiger partial charge is 0.368 e. The van der Waals surface area contributed by atoms with Gasteiger partial charge in [0.15, 0.2) is 0 Å². The Bertz CT molecular complexity index is 387. The second-order valence-corrected chi connectivity index (χ2v) is 4.72. The van der Waals surface area contributed by atoms with Crippen LogP contribution in [-0.4, -0.2) is 15.9 Å². The van der Waals surface area contributed by atoms with Gasteiger partial charge in [0.2, 0.25) is 0 Å². The predicted molar refractivity (Wildman–Crippen MR) is 65.9 cm³/mol. The fourth-order valence-corrected chi connectivity index (χ4v) is 1.80. The molecular formula is C12H17N3O2. The first kappa shape index (κ1) is 11.8. The fourth-order valence-electron chi connectivity index (χ4n) is 1.80. The summed E-state index contributed by atoms with van der Waals surface area (Å²) in [4.78, 5) is 14.1. The summed E-state index contributed by atoms with van der Waals surface area (Å²) < 4.78 is 0. The number of anilines is 1. The quantitative estimate of drug-likeness (QED) is 0.608. The van der Waals surface area contributed by atoms with Crippen LogP contribution in [0.2, 0.25) is 0 Å². The number of hydrogen-bond acceptors (Lipinski definition) is 4. The van der Waals surface area contributed by atoms with Crippen LogP contribution in [0.3, 0.4) is 0 Å². The molecule has 1 N–H and O–H groups in total. The zero-order valence-electron chi connectivity index (χ0n) is 9.93. The lowest BCUT2D eigenvalue weighted by atomic mass is 10.1. The van der Waals surface area contributed by atoms with Crippen molar-refractivity contribution < 1.29 is 4.92 Å². The highest BCUT2D eigenvalue weighted by Gasteiger charge is 2.21.